The molecule has 1 aromatic carbocycles. The molecule has 2 amide bonds. The number of anilines is 1. The van der Waals surface area contributed by atoms with Crippen LogP contribution in [0.2, 0.25) is 5.02 Å². The molecule has 0 aliphatic rings. The van der Waals surface area contributed by atoms with Gasteiger partial charge in [0.15, 0.2) is 0 Å². The minimum atomic E-state index is -0.235. The molecule has 0 unspecified atom stereocenters. The molecule has 2 N–H and O–H groups in total. The Bertz CT molecular complexity index is 699. The number of carbonyl (C=O) groups excluding carboxylic acids is 2. The normalized spacial score (nSPS) is 10.7. The largest absolute Gasteiger partial charge is 0.352 e. The highest BCUT2D eigenvalue weighted by Crippen LogP contribution is 2.24. The molecule has 0 aliphatic heterocycles. The van der Waals surface area contributed by atoms with Crippen molar-refractivity contribution in [3.8, 4) is 0 Å². The predicted molar refractivity (Wildman–Crippen MR) is 100 cm³/mol. The maximum absolute atomic E-state index is 12.2. The Kier molecular flexibility index (Phi) is 6.82. The van der Waals surface area contributed by atoms with Gasteiger partial charge in [0.25, 0.3) is 11.8 Å². The summed E-state index contributed by atoms with van der Waals surface area (Å²) >= 11 is 7.47. The minimum Gasteiger partial charge on any atom is -0.352 e. The number of amides is 2. The maximum Gasteiger partial charge on any atom is 0.265 e. The van der Waals surface area contributed by atoms with E-state index in [1.807, 2.05) is 11.4 Å². The predicted octanol–water partition coefficient (Wildman–Crippen LogP) is 4.82. The molecule has 4 nitrogen and oxygen atoms in total. The molecule has 24 heavy (non-hydrogen) atoms. The molecule has 0 aliphatic carbocycles. The summed E-state index contributed by atoms with van der Waals surface area (Å²) in [6, 6.07) is 8.42. The quantitative estimate of drug-likeness (QED) is 0.692. The number of benzene rings is 1. The van der Waals surface area contributed by atoms with Crippen molar-refractivity contribution in [3.63, 3.8) is 0 Å². The zero-order chi connectivity index (χ0) is 17.5. The molecule has 2 aromatic rings. The van der Waals surface area contributed by atoms with Gasteiger partial charge in [0.05, 0.1) is 15.6 Å². The Balaban J connectivity index is 1.99. The lowest BCUT2D eigenvalue weighted by Gasteiger charge is -2.10. The Labute approximate surface area is 151 Å². The van der Waals surface area contributed by atoms with Crippen LogP contribution in [0.1, 0.15) is 46.7 Å². The fraction of sp³-hybridized carbons (Fsp3) is 0.333. The van der Waals surface area contributed by atoms with Gasteiger partial charge in [-0.15, -0.1) is 11.3 Å². The molecule has 0 fully saturated rings. The monoisotopic (exact) mass is 364 g/mol. The van der Waals surface area contributed by atoms with Crippen LogP contribution in [0, 0.1) is 5.92 Å². The summed E-state index contributed by atoms with van der Waals surface area (Å²) in [5, 5.41) is 7.87. The van der Waals surface area contributed by atoms with E-state index in [-0.39, 0.29) is 11.8 Å². The first-order valence-corrected chi connectivity index (χ1v) is 9.15. The van der Waals surface area contributed by atoms with Crippen LogP contribution in [0.4, 0.5) is 5.69 Å². The van der Waals surface area contributed by atoms with Gasteiger partial charge < -0.3 is 10.6 Å². The van der Waals surface area contributed by atoms with Crippen LogP contribution in [-0.4, -0.2) is 18.4 Å². The molecule has 0 saturated heterocycles. The number of nitrogens with one attached hydrogen (secondary N) is 2. The zero-order valence-corrected chi connectivity index (χ0v) is 15.3. The number of rotatable bonds is 7. The van der Waals surface area contributed by atoms with E-state index in [0.29, 0.717) is 33.6 Å². The number of hydrogen-bond acceptors (Lipinski definition) is 3. The van der Waals surface area contributed by atoms with Gasteiger partial charge in [-0.25, -0.2) is 0 Å². The van der Waals surface area contributed by atoms with Gasteiger partial charge >= 0.3 is 0 Å². The summed E-state index contributed by atoms with van der Waals surface area (Å²) in [4.78, 5) is 24.9. The van der Waals surface area contributed by atoms with Gasteiger partial charge in [0, 0.05) is 12.1 Å². The van der Waals surface area contributed by atoms with Crippen LogP contribution >= 0.6 is 22.9 Å². The minimum absolute atomic E-state index is 0.165. The van der Waals surface area contributed by atoms with Gasteiger partial charge in [-0.3, -0.25) is 9.59 Å². The molecular formula is C18H21ClN2O2S. The van der Waals surface area contributed by atoms with Gasteiger partial charge in [0.2, 0.25) is 0 Å². The highest BCUT2D eigenvalue weighted by atomic mass is 35.5. The van der Waals surface area contributed by atoms with Crippen molar-refractivity contribution in [1.29, 1.82) is 0 Å². The average molecular weight is 365 g/mol. The van der Waals surface area contributed by atoms with Crippen molar-refractivity contribution in [2.45, 2.75) is 26.7 Å². The average Bonchev–Trinajstić information content (AvgIpc) is 3.07. The molecule has 1 heterocycles. The van der Waals surface area contributed by atoms with E-state index in [2.05, 4.69) is 24.5 Å². The van der Waals surface area contributed by atoms with Crippen molar-refractivity contribution >= 4 is 40.4 Å². The smallest absolute Gasteiger partial charge is 0.265 e. The number of hydrogen-bond donors (Lipinski definition) is 2. The van der Waals surface area contributed by atoms with Crippen molar-refractivity contribution in [2.24, 2.45) is 5.92 Å². The molecule has 6 heteroatoms. The molecule has 0 spiro atoms. The molecule has 0 radical (unpaired) electrons. The highest BCUT2D eigenvalue weighted by molar-refractivity contribution is 7.12. The first-order chi connectivity index (χ1) is 11.5. The summed E-state index contributed by atoms with van der Waals surface area (Å²) in [6.45, 7) is 4.95. The third-order valence-corrected chi connectivity index (χ3v) is 4.66. The summed E-state index contributed by atoms with van der Waals surface area (Å²) in [6.07, 6.45) is 2.02. The van der Waals surface area contributed by atoms with E-state index in [0.717, 1.165) is 12.8 Å². The van der Waals surface area contributed by atoms with Gasteiger partial charge in [-0.2, -0.15) is 0 Å². The lowest BCUT2D eigenvalue weighted by atomic mass is 10.1. The van der Waals surface area contributed by atoms with Crippen molar-refractivity contribution < 1.29 is 9.59 Å². The summed E-state index contributed by atoms with van der Waals surface area (Å²) < 4.78 is 0. The topological polar surface area (TPSA) is 58.2 Å². The zero-order valence-electron chi connectivity index (χ0n) is 13.8. The van der Waals surface area contributed by atoms with Crippen LogP contribution < -0.4 is 10.6 Å². The third-order valence-electron chi connectivity index (χ3n) is 3.47. The van der Waals surface area contributed by atoms with E-state index >= 15 is 0 Å². The van der Waals surface area contributed by atoms with Gasteiger partial charge in [0.1, 0.15) is 0 Å². The van der Waals surface area contributed by atoms with Crippen LogP contribution in [0.15, 0.2) is 35.7 Å². The van der Waals surface area contributed by atoms with Gasteiger partial charge in [-0.1, -0.05) is 31.5 Å². The van der Waals surface area contributed by atoms with Crippen molar-refractivity contribution in [1.82, 2.24) is 5.32 Å². The lowest BCUT2D eigenvalue weighted by Crippen LogP contribution is -2.24. The summed E-state index contributed by atoms with van der Waals surface area (Å²) in [5.74, 6) is 0.222. The SMILES string of the molecule is CC(C)CCCNC(=O)c1ccc(Cl)c(NC(=O)c2cccs2)c1. The maximum atomic E-state index is 12.2. The lowest BCUT2D eigenvalue weighted by molar-refractivity contribution is 0.0951. The number of thiophene rings is 1. The first-order valence-electron chi connectivity index (χ1n) is 7.90. The molecule has 0 bridgehead atoms. The van der Waals surface area contributed by atoms with Crippen molar-refractivity contribution in [2.75, 3.05) is 11.9 Å². The van der Waals surface area contributed by atoms with E-state index in [9.17, 15) is 9.59 Å². The first kappa shape index (κ1) is 18.5. The van der Waals surface area contributed by atoms with E-state index < -0.39 is 0 Å². The molecule has 0 saturated carbocycles. The van der Waals surface area contributed by atoms with Crippen LogP contribution in [0.25, 0.3) is 0 Å². The second-order valence-electron chi connectivity index (χ2n) is 5.92. The second-order valence-corrected chi connectivity index (χ2v) is 7.27. The highest BCUT2D eigenvalue weighted by Gasteiger charge is 2.12. The van der Waals surface area contributed by atoms with Crippen molar-refractivity contribution in [3.05, 3.63) is 51.2 Å². The van der Waals surface area contributed by atoms with E-state index in [4.69, 9.17) is 11.6 Å². The van der Waals surface area contributed by atoms with Crippen LogP contribution in [-0.2, 0) is 0 Å². The van der Waals surface area contributed by atoms with E-state index in [1.165, 1.54) is 11.3 Å². The Morgan fingerprint density at radius 3 is 2.67 bits per heavy atom. The summed E-state index contributed by atoms with van der Waals surface area (Å²) in [7, 11) is 0. The molecule has 128 valence electrons. The molecule has 0 atom stereocenters. The Morgan fingerprint density at radius 2 is 2.00 bits per heavy atom. The molecule has 2 rings (SSSR count). The fourth-order valence-electron chi connectivity index (χ4n) is 2.17. The van der Waals surface area contributed by atoms with E-state index in [1.54, 1.807) is 24.3 Å². The Morgan fingerprint density at radius 1 is 1.21 bits per heavy atom. The standard InChI is InChI=1S/C18H21ClN2O2S/c1-12(2)5-3-9-20-17(22)13-7-8-14(19)15(11-13)21-18(23)16-6-4-10-24-16/h4,6-8,10-12H,3,5,9H2,1-2H3,(H,20,22)(H,21,23). The fourth-order valence-corrected chi connectivity index (χ4v) is 2.95. The van der Waals surface area contributed by atoms with Crippen LogP contribution in [0.3, 0.4) is 0 Å². The second kappa shape index (κ2) is 8.85. The molecule has 1 aromatic heterocycles. The number of halogens is 1. The third kappa shape index (κ3) is 5.35. The number of carbonyl (C=O) groups is 2. The molecular weight excluding hydrogens is 344 g/mol. The van der Waals surface area contributed by atoms with Crippen LogP contribution in [0.5, 0.6) is 0 Å². The summed E-state index contributed by atoms with van der Waals surface area (Å²) in [5.41, 5.74) is 0.912. The van der Waals surface area contributed by atoms with Gasteiger partial charge in [-0.05, 0) is 48.4 Å². The Hall–Kier alpha value is -1.85.